The molecule has 2 saturated heterocycles. The molecular weight excluding hydrogens is 622 g/mol. The van der Waals surface area contributed by atoms with E-state index < -0.39 is 35.9 Å². The van der Waals surface area contributed by atoms with Crippen LogP contribution in [0.25, 0.3) is 11.3 Å². The van der Waals surface area contributed by atoms with E-state index >= 15 is 0 Å². The van der Waals surface area contributed by atoms with Crippen molar-refractivity contribution in [2.24, 2.45) is 0 Å². The second-order valence-electron chi connectivity index (χ2n) is 12.6. The smallest absolute Gasteiger partial charge is 0.369 e. The first kappa shape index (κ1) is 33.0. The molecule has 3 aliphatic heterocycles. The summed E-state index contributed by atoms with van der Waals surface area (Å²) in [5.74, 6) is 0.229. The molecule has 4 heterocycles. The number of anilines is 2. The molecule has 3 aromatic rings. The molecule has 0 radical (unpaired) electrons. The Morgan fingerprint density at radius 1 is 0.830 bits per heavy atom. The number of halogens is 6. The first-order valence-corrected chi connectivity index (χ1v) is 16.2. The predicted octanol–water partition coefficient (Wildman–Crippen LogP) is 7.40. The number of carbonyl (C=O) groups is 1. The van der Waals surface area contributed by atoms with Crippen LogP contribution in [0.2, 0.25) is 0 Å². The molecule has 47 heavy (non-hydrogen) atoms. The van der Waals surface area contributed by atoms with Gasteiger partial charge in [-0.15, -0.1) is 0 Å². The van der Waals surface area contributed by atoms with Gasteiger partial charge in [0.05, 0.1) is 16.8 Å². The van der Waals surface area contributed by atoms with Crippen LogP contribution >= 0.6 is 0 Å². The van der Waals surface area contributed by atoms with Gasteiger partial charge in [0.25, 0.3) is 5.91 Å². The van der Waals surface area contributed by atoms with E-state index in [2.05, 4.69) is 15.1 Å². The molecule has 0 aliphatic carbocycles. The standard InChI is InChI=1S/C34H38F6N6O/c1-22-8-3-4-9-27(22)29-28-30(43-32(42-29)45-16-10-26(11-17-45)44-13-5-2-6-14-44)41-12-7-15-46(31(28)47)21-23-18-24(33(35,36)37)20-25(19-23)34(38,39)40/h3-4,8-9,18-20,26H,2,5-7,10-17,21H2,1H3,(H,41,42,43). The van der Waals surface area contributed by atoms with Gasteiger partial charge in [0, 0.05) is 44.3 Å². The maximum absolute atomic E-state index is 14.3. The highest BCUT2D eigenvalue weighted by atomic mass is 19.4. The molecule has 1 aromatic heterocycles. The summed E-state index contributed by atoms with van der Waals surface area (Å²) in [6.07, 6.45) is -3.90. The lowest BCUT2D eigenvalue weighted by molar-refractivity contribution is -0.143. The normalized spacial score (nSPS) is 18.8. The molecule has 7 nitrogen and oxygen atoms in total. The molecule has 13 heteroatoms. The van der Waals surface area contributed by atoms with Crippen molar-refractivity contribution in [3.63, 3.8) is 0 Å². The van der Waals surface area contributed by atoms with Crippen molar-refractivity contribution < 1.29 is 31.1 Å². The van der Waals surface area contributed by atoms with Crippen molar-refractivity contribution in [3.8, 4) is 11.3 Å². The second-order valence-corrected chi connectivity index (χ2v) is 12.6. The number of amides is 1. The third kappa shape index (κ3) is 7.34. The third-order valence-corrected chi connectivity index (χ3v) is 9.37. The van der Waals surface area contributed by atoms with Gasteiger partial charge in [0.1, 0.15) is 11.4 Å². The zero-order valence-corrected chi connectivity index (χ0v) is 26.2. The number of aryl methyl sites for hydroxylation is 1. The summed E-state index contributed by atoms with van der Waals surface area (Å²) in [6.45, 7) is 5.72. The number of hydrogen-bond acceptors (Lipinski definition) is 6. The van der Waals surface area contributed by atoms with Gasteiger partial charge in [-0.3, -0.25) is 4.79 Å². The monoisotopic (exact) mass is 660 g/mol. The number of rotatable bonds is 5. The quantitative estimate of drug-likeness (QED) is 0.288. The Morgan fingerprint density at radius 2 is 1.49 bits per heavy atom. The van der Waals surface area contributed by atoms with Crippen molar-refractivity contribution in [3.05, 3.63) is 70.3 Å². The number of carbonyl (C=O) groups excluding carboxylic acids is 1. The molecule has 3 aliphatic rings. The van der Waals surface area contributed by atoms with E-state index in [1.165, 1.54) is 24.2 Å². The Kier molecular flexibility index (Phi) is 9.37. The fourth-order valence-corrected chi connectivity index (χ4v) is 6.89. The van der Waals surface area contributed by atoms with E-state index in [0.29, 0.717) is 54.2 Å². The second kappa shape index (κ2) is 13.3. The van der Waals surface area contributed by atoms with Crippen LogP contribution in [0.15, 0.2) is 42.5 Å². The van der Waals surface area contributed by atoms with Crippen molar-refractivity contribution in [2.45, 2.75) is 70.4 Å². The number of fused-ring (bicyclic) bond motifs is 1. The minimum absolute atomic E-state index is 0.0962. The van der Waals surface area contributed by atoms with Gasteiger partial charge in [0.15, 0.2) is 0 Å². The number of piperidine rings is 2. The zero-order chi connectivity index (χ0) is 33.3. The number of alkyl halides is 6. The van der Waals surface area contributed by atoms with E-state index in [-0.39, 0.29) is 23.7 Å². The molecule has 0 atom stereocenters. The van der Waals surface area contributed by atoms with Crippen LogP contribution in [-0.2, 0) is 18.9 Å². The minimum atomic E-state index is -4.99. The maximum Gasteiger partial charge on any atom is 0.416 e. The van der Waals surface area contributed by atoms with E-state index in [9.17, 15) is 31.1 Å². The molecular formula is C34H38F6N6O. The Hall–Kier alpha value is -3.87. The summed E-state index contributed by atoms with van der Waals surface area (Å²) in [4.78, 5) is 30.1. The van der Waals surface area contributed by atoms with Crippen LogP contribution in [-0.4, -0.2) is 71.0 Å². The van der Waals surface area contributed by atoms with Crippen LogP contribution < -0.4 is 10.2 Å². The molecule has 0 unspecified atom stereocenters. The van der Waals surface area contributed by atoms with Gasteiger partial charge in [-0.05, 0) is 81.4 Å². The van der Waals surface area contributed by atoms with Crippen molar-refractivity contribution >= 4 is 17.7 Å². The first-order chi connectivity index (χ1) is 22.4. The van der Waals surface area contributed by atoms with Crippen LogP contribution in [0.1, 0.15) is 71.1 Å². The average molecular weight is 661 g/mol. The van der Waals surface area contributed by atoms with Crippen LogP contribution in [0.4, 0.5) is 38.1 Å². The highest BCUT2D eigenvalue weighted by Crippen LogP contribution is 2.38. The molecule has 0 saturated carbocycles. The van der Waals surface area contributed by atoms with Crippen LogP contribution in [0.3, 0.4) is 0 Å². The number of hydrogen-bond donors (Lipinski definition) is 1. The van der Waals surface area contributed by atoms with Crippen LogP contribution in [0, 0.1) is 6.92 Å². The first-order valence-electron chi connectivity index (χ1n) is 16.2. The molecule has 252 valence electrons. The summed E-state index contributed by atoms with van der Waals surface area (Å²) in [5.41, 5.74) is -1.01. The van der Waals surface area contributed by atoms with Gasteiger partial charge >= 0.3 is 12.4 Å². The Balaban J connectivity index is 1.36. The van der Waals surface area contributed by atoms with E-state index in [1.807, 2.05) is 31.2 Å². The lowest BCUT2D eigenvalue weighted by Crippen LogP contribution is -2.47. The van der Waals surface area contributed by atoms with E-state index in [1.54, 1.807) is 0 Å². The number of likely N-dealkylation sites (tertiary alicyclic amines) is 1. The Bertz CT molecular complexity index is 1560. The van der Waals surface area contributed by atoms with Crippen molar-refractivity contribution in [1.29, 1.82) is 0 Å². The van der Waals surface area contributed by atoms with Gasteiger partial charge in [-0.25, -0.2) is 4.98 Å². The molecule has 2 aromatic carbocycles. The summed E-state index contributed by atoms with van der Waals surface area (Å²) in [6, 6.07) is 9.41. The number of benzene rings is 2. The lowest BCUT2D eigenvalue weighted by atomic mass is 9.99. The van der Waals surface area contributed by atoms with Crippen LogP contribution in [0.5, 0.6) is 0 Å². The van der Waals surface area contributed by atoms with Gasteiger partial charge < -0.3 is 20.0 Å². The van der Waals surface area contributed by atoms with E-state index in [4.69, 9.17) is 9.97 Å². The Labute approximate surface area is 270 Å². The topological polar surface area (TPSA) is 64.6 Å². The fourth-order valence-electron chi connectivity index (χ4n) is 6.89. The zero-order valence-electron chi connectivity index (χ0n) is 26.2. The van der Waals surface area contributed by atoms with Gasteiger partial charge in [-0.2, -0.15) is 31.3 Å². The number of nitrogens with one attached hydrogen (secondary N) is 1. The summed E-state index contributed by atoms with van der Waals surface area (Å²) in [5, 5.41) is 3.28. The minimum Gasteiger partial charge on any atom is -0.369 e. The highest BCUT2D eigenvalue weighted by molar-refractivity contribution is 6.05. The molecule has 6 rings (SSSR count). The average Bonchev–Trinajstić information content (AvgIpc) is 3.04. The summed E-state index contributed by atoms with van der Waals surface area (Å²) >= 11 is 0. The SMILES string of the molecule is Cc1ccccc1-c1nc(N2CCC(N3CCCCC3)CC2)nc2c1C(=O)N(Cc1cc(C(F)(F)F)cc(C(F)(F)F)c1)CCCN2. The largest absolute Gasteiger partial charge is 0.416 e. The molecule has 1 N–H and O–H groups in total. The molecule has 0 spiro atoms. The van der Waals surface area contributed by atoms with Gasteiger partial charge in [-0.1, -0.05) is 30.7 Å². The summed E-state index contributed by atoms with van der Waals surface area (Å²) < 4.78 is 81.7. The molecule has 1 amide bonds. The molecule has 0 bridgehead atoms. The highest BCUT2D eigenvalue weighted by Gasteiger charge is 2.38. The lowest BCUT2D eigenvalue weighted by Gasteiger charge is -2.40. The maximum atomic E-state index is 14.3. The Morgan fingerprint density at radius 3 is 2.13 bits per heavy atom. The number of aromatic nitrogens is 2. The number of nitrogens with zero attached hydrogens (tertiary/aromatic N) is 5. The predicted molar refractivity (Wildman–Crippen MR) is 167 cm³/mol. The van der Waals surface area contributed by atoms with E-state index in [0.717, 1.165) is 44.6 Å². The van der Waals surface area contributed by atoms with Crippen molar-refractivity contribution in [1.82, 2.24) is 19.8 Å². The molecule has 2 fully saturated rings. The third-order valence-electron chi connectivity index (χ3n) is 9.37. The van der Waals surface area contributed by atoms with Gasteiger partial charge in [0.2, 0.25) is 5.95 Å². The summed E-state index contributed by atoms with van der Waals surface area (Å²) in [7, 11) is 0. The van der Waals surface area contributed by atoms with Crippen molar-refractivity contribution in [2.75, 3.05) is 49.5 Å². The fraction of sp³-hybridized carbons (Fsp3) is 0.500.